The molecule has 0 aliphatic rings. The summed E-state index contributed by atoms with van der Waals surface area (Å²) < 4.78 is 0. The standard InChI is InChI=1S/C18H28N2O3/c1-5-19(6-2)16(22)18(14-21,15-12-10-9-11-13-15)17(23)20(7-3)8-4/h9-13,21H,5-8,14H2,1-4H3. The van der Waals surface area contributed by atoms with Crippen molar-refractivity contribution in [2.75, 3.05) is 32.8 Å². The normalized spacial score (nSPS) is 11.2. The SMILES string of the molecule is CCN(CC)C(=O)C(CO)(C(=O)N(CC)CC)c1ccccc1. The van der Waals surface area contributed by atoms with Crippen LogP contribution < -0.4 is 0 Å². The van der Waals surface area contributed by atoms with Gasteiger partial charge >= 0.3 is 0 Å². The Morgan fingerprint density at radius 3 is 1.57 bits per heavy atom. The summed E-state index contributed by atoms with van der Waals surface area (Å²) in [6.07, 6.45) is 0. The van der Waals surface area contributed by atoms with E-state index in [9.17, 15) is 14.7 Å². The Bertz CT molecular complexity index is 484. The van der Waals surface area contributed by atoms with Crippen molar-refractivity contribution in [1.82, 2.24) is 9.80 Å². The fraction of sp³-hybridized carbons (Fsp3) is 0.556. The van der Waals surface area contributed by atoms with Gasteiger partial charge in [-0.1, -0.05) is 30.3 Å². The second-order valence-corrected chi connectivity index (χ2v) is 5.38. The highest BCUT2D eigenvalue weighted by molar-refractivity contribution is 6.11. The first-order valence-corrected chi connectivity index (χ1v) is 8.28. The molecule has 0 saturated carbocycles. The van der Waals surface area contributed by atoms with Crippen molar-refractivity contribution in [3.05, 3.63) is 35.9 Å². The predicted molar refractivity (Wildman–Crippen MR) is 91.1 cm³/mol. The fourth-order valence-electron chi connectivity index (χ4n) is 2.85. The first-order valence-electron chi connectivity index (χ1n) is 8.28. The second-order valence-electron chi connectivity index (χ2n) is 5.38. The summed E-state index contributed by atoms with van der Waals surface area (Å²) in [6, 6.07) is 8.86. The first kappa shape index (κ1) is 19.2. The molecule has 0 aliphatic heterocycles. The maximum absolute atomic E-state index is 13.2. The van der Waals surface area contributed by atoms with Crippen LogP contribution in [0.5, 0.6) is 0 Å². The molecule has 5 heteroatoms. The number of carbonyl (C=O) groups excluding carboxylic acids is 2. The summed E-state index contributed by atoms with van der Waals surface area (Å²) in [4.78, 5) is 29.5. The van der Waals surface area contributed by atoms with Crippen molar-refractivity contribution in [2.24, 2.45) is 0 Å². The number of rotatable bonds is 8. The lowest BCUT2D eigenvalue weighted by molar-refractivity contribution is -0.152. The quantitative estimate of drug-likeness (QED) is 0.741. The van der Waals surface area contributed by atoms with Crippen LogP contribution in [0.15, 0.2) is 30.3 Å². The molecule has 0 unspecified atom stereocenters. The molecule has 0 atom stereocenters. The van der Waals surface area contributed by atoms with E-state index in [4.69, 9.17) is 0 Å². The van der Waals surface area contributed by atoms with Gasteiger partial charge in [0, 0.05) is 26.2 Å². The van der Waals surface area contributed by atoms with E-state index in [0.29, 0.717) is 31.7 Å². The average Bonchev–Trinajstić information content (AvgIpc) is 2.59. The van der Waals surface area contributed by atoms with Gasteiger partial charge in [-0.2, -0.15) is 0 Å². The van der Waals surface area contributed by atoms with Crippen LogP contribution in [0, 0.1) is 0 Å². The van der Waals surface area contributed by atoms with Crippen LogP contribution >= 0.6 is 0 Å². The third kappa shape index (κ3) is 3.55. The van der Waals surface area contributed by atoms with Gasteiger partial charge in [-0.3, -0.25) is 9.59 Å². The lowest BCUT2D eigenvalue weighted by Crippen LogP contribution is -2.58. The van der Waals surface area contributed by atoms with Crippen LogP contribution in [0.1, 0.15) is 33.3 Å². The number of benzene rings is 1. The number of aliphatic hydroxyl groups is 1. The molecule has 5 nitrogen and oxygen atoms in total. The molecule has 0 saturated heterocycles. The Balaban J connectivity index is 3.51. The number of likely N-dealkylation sites (N-methyl/N-ethyl adjacent to an activating group) is 2. The second kappa shape index (κ2) is 8.67. The number of hydrogen-bond donors (Lipinski definition) is 1. The lowest BCUT2D eigenvalue weighted by Gasteiger charge is -2.37. The number of hydrogen-bond acceptors (Lipinski definition) is 3. The Morgan fingerprint density at radius 1 is 0.870 bits per heavy atom. The maximum atomic E-state index is 13.2. The number of aliphatic hydroxyl groups excluding tert-OH is 1. The van der Waals surface area contributed by atoms with Gasteiger partial charge in [0.25, 0.3) is 0 Å². The molecule has 1 aromatic carbocycles. The highest BCUT2D eigenvalue weighted by atomic mass is 16.3. The molecule has 1 rings (SSSR count). The van der Waals surface area contributed by atoms with Crippen LogP contribution in [-0.4, -0.2) is 59.5 Å². The predicted octanol–water partition coefficient (Wildman–Crippen LogP) is 1.65. The van der Waals surface area contributed by atoms with E-state index in [1.165, 1.54) is 0 Å². The third-order valence-electron chi connectivity index (χ3n) is 4.34. The molecule has 23 heavy (non-hydrogen) atoms. The highest BCUT2D eigenvalue weighted by Gasteiger charge is 2.50. The molecule has 1 aromatic rings. The van der Waals surface area contributed by atoms with E-state index in [1.807, 2.05) is 33.8 Å². The Labute approximate surface area is 138 Å². The first-order chi connectivity index (χ1) is 11.0. The van der Waals surface area contributed by atoms with E-state index >= 15 is 0 Å². The van der Waals surface area contributed by atoms with E-state index in [1.54, 1.807) is 34.1 Å². The minimum absolute atomic E-state index is 0.340. The van der Waals surface area contributed by atoms with E-state index in [-0.39, 0.29) is 11.8 Å². The zero-order valence-corrected chi connectivity index (χ0v) is 14.6. The number of amides is 2. The zero-order valence-electron chi connectivity index (χ0n) is 14.6. The number of nitrogens with zero attached hydrogens (tertiary/aromatic N) is 2. The van der Waals surface area contributed by atoms with Gasteiger partial charge in [0.05, 0.1) is 6.61 Å². The molecule has 0 radical (unpaired) electrons. The van der Waals surface area contributed by atoms with Crippen molar-refractivity contribution in [1.29, 1.82) is 0 Å². The summed E-state index contributed by atoms with van der Waals surface area (Å²) in [5, 5.41) is 10.2. The summed E-state index contributed by atoms with van der Waals surface area (Å²) >= 11 is 0. The summed E-state index contributed by atoms with van der Waals surface area (Å²) in [7, 11) is 0. The summed E-state index contributed by atoms with van der Waals surface area (Å²) in [5.41, 5.74) is -1.03. The topological polar surface area (TPSA) is 60.9 Å². The van der Waals surface area contributed by atoms with Gasteiger partial charge in [0.15, 0.2) is 5.41 Å². The molecular weight excluding hydrogens is 292 g/mol. The Morgan fingerprint density at radius 2 is 1.26 bits per heavy atom. The lowest BCUT2D eigenvalue weighted by atomic mass is 9.78. The van der Waals surface area contributed by atoms with Crippen molar-refractivity contribution >= 4 is 11.8 Å². The molecule has 2 amide bonds. The van der Waals surface area contributed by atoms with Gasteiger partial charge in [0.1, 0.15) is 0 Å². The molecule has 0 fully saturated rings. The fourth-order valence-corrected chi connectivity index (χ4v) is 2.85. The van der Waals surface area contributed by atoms with Crippen LogP contribution in [-0.2, 0) is 15.0 Å². The van der Waals surface area contributed by atoms with E-state index in [0.717, 1.165) is 0 Å². The summed E-state index contributed by atoms with van der Waals surface area (Å²) in [6.45, 7) is 8.93. The largest absolute Gasteiger partial charge is 0.394 e. The van der Waals surface area contributed by atoms with Crippen LogP contribution in [0.25, 0.3) is 0 Å². The Hall–Kier alpha value is -1.88. The van der Waals surface area contributed by atoms with E-state index in [2.05, 4.69) is 0 Å². The van der Waals surface area contributed by atoms with Gasteiger partial charge in [-0.15, -0.1) is 0 Å². The van der Waals surface area contributed by atoms with Crippen LogP contribution in [0.2, 0.25) is 0 Å². The molecule has 0 spiro atoms. The van der Waals surface area contributed by atoms with Crippen molar-refractivity contribution in [3.8, 4) is 0 Å². The van der Waals surface area contributed by atoms with Crippen LogP contribution in [0.4, 0.5) is 0 Å². The molecule has 0 aliphatic carbocycles. The highest BCUT2D eigenvalue weighted by Crippen LogP contribution is 2.29. The Kier molecular flexibility index (Phi) is 7.23. The van der Waals surface area contributed by atoms with Gasteiger partial charge in [-0.25, -0.2) is 0 Å². The molecule has 1 N–H and O–H groups in total. The van der Waals surface area contributed by atoms with Crippen molar-refractivity contribution < 1.29 is 14.7 Å². The number of carbonyl (C=O) groups is 2. The monoisotopic (exact) mass is 320 g/mol. The van der Waals surface area contributed by atoms with Gasteiger partial charge < -0.3 is 14.9 Å². The minimum Gasteiger partial charge on any atom is -0.394 e. The molecule has 0 bridgehead atoms. The van der Waals surface area contributed by atoms with Crippen molar-refractivity contribution in [2.45, 2.75) is 33.1 Å². The van der Waals surface area contributed by atoms with E-state index < -0.39 is 12.0 Å². The van der Waals surface area contributed by atoms with Gasteiger partial charge in [-0.05, 0) is 33.3 Å². The molecular formula is C18H28N2O3. The zero-order chi connectivity index (χ0) is 17.5. The van der Waals surface area contributed by atoms with Crippen molar-refractivity contribution in [3.63, 3.8) is 0 Å². The maximum Gasteiger partial charge on any atom is 0.245 e. The molecule has 128 valence electrons. The van der Waals surface area contributed by atoms with Crippen LogP contribution in [0.3, 0.4) is 0 Å². The smallest absolute Gasteiger partial charge is 0.245 e. The van der Waals surface area contributed by atoms with Gasteiger partial charge in [0.2, 0.25) is 11.8 Å². The minimum atomic E-state index is -1.57. The molecule has 0 heterocycles. The molecule has 0 aromatic heterocycles. The average molecular weight is 320 g/mol. The summed E-state index contributed by atoms with van der Waals surface area (Å²) in [5.74, 6) is -0.679. The third-order valence-corrected chi connectivity index (χ3v) is 4.34.